The minimum absolute atomic E-state index is 0.0125. The molecule has 1 fully saturated rings. The summed E-state index contributed by atoms with van der Waals surface area (Å²) in [5, 5.41) is 9.07. The summed E-state index contributed by atoms with van der Waals surface area (Å²) in [6, 6.07) is 13.9. The molecule has 184 valence electrons. The van der Waals surface area contributed by atoms with Crippen molar-refractivity contribution in [3.63, 3.8) is 0 Å². The largest absolute Gasteiger partial charge is 0.356 e. The Hall–Kier alpha value is -4.20. The summed E-state index contributed by atoms with van der Waals surface area (Å²) in [5.74, 6) is -0.438. The van der Waals surface area contributed by atoms with Gasteiger partial charge < -0.3 is 20.9 Å². The van der Waals surface area contributed by atoms with Crippen LogP contribution < -0.4 is 16.0 Å². The predicted molar refractivity (Wildman–Crippen MR) is 140 cm³/mol. The van der Waals surface area contributed by atoms with Crippen molar-refractivity contribution in [2.75, 3.05) is 30.3 Å². The van der Waals surface area contributed by atoms with E-state index in [-0.39, 0.29) is 30.0 Å². The van der Waals surface area contributed by atoms with Crippen LogP contribution in [-0.4, -0.2) is 48.5 Å². The van der Waals surface area contributed by atoms with Crippen LogP contribution in [0, 0.1) is 0 Å². The first-order valence-corrected chi connectivity index (χ1v) is 12.1. The highest BCUT2D eigenvalue weighted by molar-refractivity contribution is 6.07. The standard InChI is InChI=1S/C28H29N5O3/c1-3-29-24(26(35)33-12-6-11-30-25(34)17-33)13-18(2)31-21-10-9-19-15-28(16-20(19)14-21)22-7-4-5-8-23(22)32-27(28)36/h3-5,7-10,13-14,31H,2,6,11-12,15-17H2,1H3,(H,30,34)(H,32,36)/b24-13-,29-3?. The molecule has 1 aliphatic carbocycles. The second-order valence-corrected chi connectivity index (χ2v) is 9.42. The third-order valence-corrected chi connectivity index (χ3v) is 6.97. The summed E-state index contributed by atoms with van der Waals surface area (Å²) >= 11 is 0. The summed E-state index contributed by atoms with van der Waals surface area (Å²) < 4.78 is 0. The van der Waals surface area contributed by atoms with Crippen LogP contribution in [0.2, 0.25) is 0 Å². The van der Waals surface area contributed by atoms with Crippen molar-refractivity contribution in [3.05, 3.63) is 83.2 Å². The van der Waals surface area contributed by atoms with Crippen molar-refractivity contribution in [1.82, 2.24) is 10.2 Å². The van der Waals surface area contributed by atoms with Gasteiger partial charge in [-0.3, -0.25) is 19.4 Å². The topological polar surface area (TPSA) is 103 Å². The molecule has 1 atom stereocenters. The molecule has 2 heterocycles. The predicted octanol–water partition coefficient (Wildman–Crippen LogP) is 2.92. The molecule has 3 N–H and O–H groups in total. The highest BCUT2D eigenvalue weighted by Gasteiger charge is 2.50. The number of allylic oxidation sites excluding steroid dienone is 1. The lowest BCUT2D eigenvalue weighted by molar-refractivity contribution is -0.132. The molecule has 0 bridgehead atoms. The fourth-order valence-corrected chi connectivity index (χ4v) is 5.30. The maximum absolute atomic E-state index is 13.1. The number of para-hydroxylation sites is 1. The molecular formula is C28H29N5O3. The van der Waals surface area contributed by atoms with Gasteiger partial charge in [-0.1, -0.05) is 30.8 Å². The average molecular weight is 484 g/mol. The molecule has 8 nitrogen and oxygen atoms in total. The second kappa shape index (κ2) is 9.45. The van der Waals surface area contributed by atoms with Crippen molar-refractivity contribution in [3.8, 4) is 0 Å². The molecular weight excluding hydrogens is 454 g/mol. The van der Waals surface area contributed by atoms with Gasteiger partial charge in [-0.2, -0.15) is 0 Å². The number of fused-ring (bicyclic) bond motifs is 3. The normalized spacial score (nSPS) is 21.1. The van der Waals surface area contributed by atoms with E-state index < -0.39 is 5.41 Å². The van der Waals surface area contributed by atoms with Crippen LogP contribution in [0.3, 0.4) is 0 Å². The Labute approximate surface area is 210 Å². The number of aliphatic imine (C=N–C) groups is 1. The number of rotatable bonds is 5. The van der Waals surface area contributed by atoms with Gasteiger partial charge in [-0.15, -0.1) is 0 Å². The van der Waals surface area contributed by atoms with E-state index in [1.54, 1.807) is 19.2 Å². The van der Waals surface area contributed by atoms with Crippen molar-refractivity contribution >= 4 is 35.3 Å². The molecule has 3 aliphatic rings. The van der Waals surface area contributed by atoms with Gasteiger partial charge in [0.05, 0.1) is 12.0 Å². The molecule has 0 radical (unpaired) electrons. The second-order valence-electron chi connectivity index (χ2n) is 9.42. The monoisotopic (exact) mass is 483 g/mol. The van der Waals surface area contributed by atoms with Gasteiger partial charge in [0.25, 0.3) is 5.91 Å². The summed E-state index contributed by atoms with van der Waals surface area (Å²) in [4.78, 5) is 43.7. The number of hydrogen-bond acceptors (Lipinski definition) is 5. The third kappa shape index (κ3) is 4.30. The molecule has 2 aromatic carbocycles. The van der Waals surface area contributed by atoms with Gasteiger partial charge >= 0.3 is 0 Å². The van der Waals surface area contributed by atoms with Crippen molar-refractivity contribution in [1.29, 1.82) is 0 Å². The lowest BCUT2D eigenvalue weighted by atomic mass is 9.79. The van der Waals surface area contributed by atoms with Gasteiger partial charge in [0.1, 0.15) is 5.70 Å². The lowest BCUT2D eigenvalue weighted by Gasteiger charge is -2.20. The molecule has 2 aromatic rings. The molecule has 0 aromatic heterocycles. The number of carbonyl (C=O) groups is 3. The van der Waals surface area contributed by atoms with E-state index in [4.69, 9.17) is 0 Å². The van der Waals surface area contributed by atoms with E-state index in [1.165, 1.54) is 4.90 Å². The number of hydrogen-bond donors (Lipinski definition) is 3. The van der Waals surface area contributed by atoms with E-state index in [2.05, 4.69) is 27.5 Å². The van der Waals surface area contributed by atoms with Crippen molar-refractivity contribution < 1.29 is 14.4 Å². The van der Waals surface area contributed by atoms with Crippen LogP contribution in [0.25, 0.3) is 0 Å². The number of carbonyl (C=O) groups excluding carboxylic acids is 3. The van der Waals surface area contributed by atoms with Crippen LogP contribution >= 0.6 is 0 Å². The van der Waals surface area contributed by atoms with Gasteiger partial charge in [-0.05, 0) is 67.2 Å². The molecule has 1 unspecified atom stereocenters. The zero-order valence-electron chi connectivity index (χ0n) is 20.3. The van der Waals surface area contributed by atoms with Gasteiger partial charge in [0.15, 0.2) is 0 Å². The smallest absolute Gasteiger partial charge is 0.272 e. The first-order valence-electron chi connectivity index (χ1n) is 12.1. The molecule has 5 rings (SSSR count). The van der Waals surface area contributed by atoms with E-state index >= 15 is 0 Å². The van der Waals surface area contributed by atoms with E-state index in [9.17, 15) is 14.4 Å². The highest BCUT2D eigenvalue weighted by Crippen LogP contribution is 2.47. The Kier molecular flexibility index (Phi) is 6.18. The van der Waals surface area contributed by atoms with Crippen molar-refractivity contribution in [2.24, 2.45) is 4.99 Å². The third-order valence-electron chi connectivity index (χ3n) is 6.97. The lowest BCUT2D eigenvalue weighted by Crippen LogP contribution is -2.38. The zero-order valence-corrected chi connectivity index (χ0v) is 20.3. The number of benzene rings is 2. The Morgan fingerprint density at radius 2 is 1.97 bits per heavy atom. The van der Waals surface area contributed by atoms with Gasteiger partial charge in [0.2, 0.25) is 11.8 Å². The van der Waals surface area contributed by atoms with Crippen LogP contribution in [-0.2, 0) is 32.6 Å². The minimum Gasteiger partial charge on any atom is -0.356 e. The number of nitrogens with zero attached hydrogens (tertiary/aromatic N) is 2. The minimum atomic E-state index is -0.566. The number of amides is 3. The zero-order chi connectivity index (χ0) is 25.3. The molecule has 2 aliphatic heterocycles. The summed E-state index contributed by atoms with van der Waals surface area (Å²) in [6.07, 6.45) is 5.14. The van der Waals surface area contributed by atoms with E-state index in [1.807, 2.05) is 42.5 Å². The highest BCUT2D eigenvalue weighted by atomic mass is 16.2. The fraction of sp³-hybridized carbons (Fsp3) is 0.286. The summed E-state index contributed by atoms with van der Waals surface area (Å²) in [5.41, 5.74) is 5.17. The molecule has 0 saturated carbocycles. The molecule has 36 heavy (non-hydrogen) atoms. The molecule has 8 heteroatoms. The molecule has 3 amide bonds. The number of nitrogens with one attached hydrogen (secondary N) is 3. The first kappa shape index (κ1) is 23.5. The summed E-state index contributed by atoms with van der Waals surface area (Å²) in [7, 11) is 0. The van der Waals surface area contributed by atoms with Gasteiger partial charge in [0, 0.05) is 36.4 Å². The van der Waals surface area contributed by atoms with Crippen LogP contribution in [0.5, 0.6) is 0 Å². The Morgan fingerprint density at radius 3 is 2.81 bits per heavy atom. The Balaban J connectivity index is 1.33. The van der Waals surface area contributed by atoms with E-state index in [0.717, 1.165) is 28.1 Å². The maximum Gasteiger partial charge on any atom is 0.272 e. The maximum atomic E-state index is 13.1. The summed E-state index contributed by atoms with van der Waals surface area (Å²) in [6.45, 7) is 6.85. The SMILES string of the molecule is C=C(/C=C(\N=CC)C(=O)N1CCCNC(=O)C1)Nc1ccc2c(c1)CC1(C2)C(=O)Nc2ccccc21. The van der Waals surface area contributed by atoms with Crippen LogP contribution in [0.1, 0.15) is 30.0 Å². The van der Waals surface area contributed by atoms with E-state index in [0.29, 0.717) is 38.0 Å². The van der Waals surface area contributed by atoms with Gasteiger partial charge in [-0.25, -0.2) is 0 Å². The Bertz CT molecular complexity index is 1330. The van der Waals surface area contributed by atoms with Crippen molar-refractivity contribution in [2.45, 2.75) is 31.6 Å². The Morgan fingerprint density at radius 1 is 1.17 bits per heavy atom. The van der Waals surface area contributed by atoms with Crippen LogP contribution in [0.4, 0.5) is 11.4 Å². The molecule has 1 spiro atoms. The quantitative estimate of drug-likeness (QED) is 0.346. The van der Waals surface area contributed by atoms with Crippen LogP contribution in [0.15, 0.2) is 71.5 Å². The molecule has 1 saturated heterocycles. The number of anilines is 2. The average Bonchev–Trinajstić information content (AvgIpc) is 3.27. The fourth-order valence-electron chi connectivity index (χ4n) is 5.30. The first-order chi connectivity index (χ1) is 17.4.